The topological polar surface area (TPSA) is 37.0 Å². The molecule has 4 saturated carbocycles. The molecule has 0 bridgehead atoms. The number of likely N-dealkylation sites (N-methyl/N-ethyl adjacent to an activating group) is 2. The molecule has 4 aliphatic carbocycles. The fourth-order valence-electron chi connectivity index (χ4n) is 5.94. The van der Waals surface area contributed by atoms with Crippen LogP contribution in [0.4, 0.5) is 0 Å². The van der Waals surface area contributed by atoms with Crippen molar-refractivity contribution in [1.29, 1.82) is 0 Å². The Bertz CT molecular complexity index is 543. The molecule has 6 nitrogen and oxygen atoms in total. The van der Waals surface area contributed by atoms with E-state index in [0.717, 1.165) is 50.3 Å². The number of rotatable bonds is 19. The van der Waals surface area contributed by atoms with Crippen molar-refractivity contribution >= 4 is 0 Å². The maximum Gasteiger partial charge on any atom is 0.0113 e. The van der Waals surface area contributed by atoms with Crippen LogP contribution in [-0.4, -0.2) is 123 Å². The van der Waals surface area contributed by atoms with Crippen LogP contribution >= 0.6 is 0 Å². The fourth-order valence-corrected chi connectivity index (χ4v) is 5.94. The number of hydrogen-bond acceptors (Lipinski definition) is 6. The minimum absolute atomic E-state index is 0.842. The van der Waals surface area contributed by atoms with Gasteiger partial charge in [-0.3, -0.25) is 9.80 Å². The van der Waals surface area contributed by atoms with Crippen LogP contribution in [-0.2, 0) is 0 Å². The highest BCUT2D eigenvalue weighted by Gasteiger charge is 2.27. The predicted molar refractivity (Wildman–Crippen MR) is 145 cm³/mol. The average Bonchev–Trinajstić information content (AvgIpc) is 2.65. The third kappa shape index (κ3) is 8.14. The van der Waals surface area contributed by atoms with Gasteiger partial charge in [0.05, 0.1) is 0 Å². The van der Waals surface area contributed by atoms with Gasteiger partial charge in [-0.05, 0) is 65.5 Å². The van der Waals surface area contributed by atoms with E-state index in [9.17, 15) is 0 Å². The van der Waals surface area contributed by atoms with Crippen LogP contribution in [0.25, 0.3) is 0 Å². The van der Waals surface area contributed by atoms with Crippen molar-refractivity contribution in [2.45, 2.75) is 101 Å². The number of hydrogen-bond donors (Lipinski definition) is 2. The zero-order valence-electron chi connectivity index (χ0n) is 22.7. The van der Waals surface area contributed by atoms with Crippen molar-refractivity contribution < 1.29 is 0 Å². The van der Waals surface area contributed by atoms with E-state index < -0.39 is 0 Å². The fraction of sp³-hybridized carbons (Fsp3) is 1.00. The van der Waals surface area contributed by atoms with E-state index in [1.165, 1.54) is 116 Å². The third-order valence-corrected chi connectivity index (χ3v) is 9.69. The average molecular weight is 477 g/mol. The first kappa shape index (κ1) is 26.8. The van der Waals surface area contributed by atoms with Gasteiger partial charge in [-0.15, -0.1) is 0 Å². The molecule has 34 heavy (non-hydrogen) atoms. The molecule has 4 rings (SSSR count). The van der Waals surface area contributed by atoms with Crippen LogP contribution in [0.2, 0.25) is 0 Å². The summed E-state index contributed by atoms with van der Waals surface area (Å²) in [6, 6.07) is 3.44. The lowest BCUT2D eigenvalue weighted by Crippen LogP contribution is -2.49. The van der Waals surface area contributed by atoms with Crippen LogP contribution < -0.4 is 10.6 Å². The van der Waals surface area contributed by atoms with E-state index in [1.54, 1.807) is 0 Å². The Kier molecular flexibility index (Phi) is 11.4. The van der Waals surface area contributed by atoms with E-state index in [4.69, 9.17) is 0 Å². The molecule has 6 heteroatoms. The molecule has 0 aliphatic heterocycles. The molecule has 0 aromatic rings. The first-order valence-corrected chi connectivity index (χ1v) is 15.0. The highest BCUT2D eigenvalue weighted by molar-refractivity contribution is 4.84. The second-order valence-corrected chi connectivity index (χ2v) is 11.9. The molecule has 2 N–H and O–H groups in total. The molecule has 0 spiro atoms. The van der Waals surface area contributed by atoms with Crippen LogP contribution in [0.3, 0.4) is 0 Å². The molecule has 0 atom stereocenters. The predicted octanol–water partition coefficient (Wildman–Crippen LogP) is 2.84. The normalized spacial score (nSPS) is 22.4. The van der Waals surface area contributed by atoms with Gasteiger partial charge in [-0.2, -0.15) is 0 Å². The molecule has 0 saturated heterocycles. The summed E-state index contributed by atoms with van der Waals surface area (Å²) < 4.78 is 0. The highest BCUT2D eigenvalue weighted by atomic mass is 15.2. The summed E-state index contributed by atoms with van der Waals surface area (Å²) in [5, 5.41) is 7.52. The van der Waals surface area contributed by atoms with Crippen molar-refractivity contribution in [3.8, 4) is 0 Å². The van der Waals surface area contributed by atoms with Crippen LogP contribution in [0.15, 0.2) is 0 Å². The van der Waals surface area contributed by atoms with E-state index in [0.29, 0.717) is 0 Å². The summed E-state index contributed by atoms with van der Waals surface area (Å²) >= 11 is 0. The zero-order valence-corrected chi connectivity index (χ0v) is 22.7. The second-order valence-electron chi connectivity index (χ2n) is 11.9. The molecular weight excluding hydrogens is 420 g/mol. The summed E-state index contributed by atoms with van der Waals surface area (Å²) in [5.41, 5.74) is 0. The molecule has 198 valence electrons. The SMILES string of the molecule is CN(CCNCCN(CCNCCN(CCN(C)C1CCC1)C1CCC1)C1CCC1)C1CCC1. The van der Waals surface area contributed by atoms with Gasteiger partial charge in [0.2, 0.25) is 0 Å². The standard InChI is InChI=1S/C28H56N6/c1-31(25-7-3-8-25)19-15-29-16-20-33(27-11-5-12-27)21-17-30-18-22-34(28-13-6-14-28)24-23-32(2)26-9-4-10-26/h25-30H,3-24H2,1-2H3. The first-order chi connectivity index (χ1) is 16.7. The van der Waals surface area contributed by atoms with Crippen molar-refractivity contribution in [3.05, 3.63) is 0 Å². The van der Waals surface area contributed by atoms with Crippen molar-refractivity contribution in [1.82, 2.24) is 30.2 Å². The minimum Gasteiger partial charge on any atom is -0.314 e. The molecule has 0 aromatic carbocycles. The first-order valence-electron chi connectivity index (χ1n) is 15.0. The Morgan fingerprint density at radius 3 is 1.18 bits per heavy atom. The van der Waals surface area contributed by atoms with Gasteiger partial charge in [0.15, 0.2) is 0 Å². The van der Waals surface area contributed by atoms with Crippen LogP contribution in [0.5, 0.6) is 0 Å². The summed E-state index contributed by atoms with van der Waals surface area (Å²) in [5.74, 6) is 0. The van der Waals surface area contributed by atoms with Gasteiger partial charge in [0.1, 0.15) is 0 Å². The summed E-state index contributed by atoms with van der Waals surface area (Å²) in [6.45, 7) is 11.9. The molecule has 4 fully saturated rings. The van der Waals surface area contributed by atoms with Gasteiger partial charge in [0, 0.05) is 89.6 Å². The Morgan fingerprint density at radius 1 is 0.441 bits per heavy atom. The maximum absolute atomic E-state index is 3.80. The van der Waals surface area contributed by atoms with Crippen molar-refractivity contribution in [2.75, 3.05) is 79.5 Å². The molecule has 0 amide bonds. The largest absolute Gasteiger partial charge is 0.314 e. The van der Waals surface area contributed by atoms with Gasteiger partial charge < -0.3 is 20.4 Å². The number of nitrogens with zero attached hydrogens (tertiary/aromatic N) is 4. The van der Waals surface area contributed by atoms with Gasteiger partial charge in [0.25, 0.3) is 0 Å². The molecule has 4 aliphatic rings. The summed E-state index contributed by atoms with van der Waals surface area (Å²) in [7, 11) is 4.65. The van der Waals surface area contributed by atoms with E-state index >= 15 is 0 Å². The molecule has 0 heterocycles. The Balaban J connectivity index is 1.06. The molecule has 0 unspecified atom stereocenters. The Labute approximate surface area is 211 Å². The number of nitrogens with one attached hydrogen (secondary N) is 2. The summed E-state index contributed by atoms with van der Waals surface area (Å²) in [4.78, 5) is 10.7. The van der Waals surface area contributed by atoms with Crippen molar-refractivity contribution in [2.24, 2.45) is 0 Å². The smallest absolute Gasteiger partial charge is 0.0113 e. The van der Waals surface area contributed by atoms with Gasteiger partial charge >= 0.3 is 0 Å². The van der Waals surface area contributed by atoms with E-state index in [1.807, 2.05) is 0 Å². The highest BCUT2D eigenvalue weighted by Crippen LogP contribution is 2.26. The van der Waals surface area contributed by atoms with E-state index in [-0.39, 0.29) is 0 Å². The minimum atomic E-state index is 0.842. The van der Waals surface area contributed by atoms with Gasteiger partial charge in [-0.25, -0.2) is 0 Å². The molecule has 0 radical (unpaired) electrons. The molecule has 0 aromatic heterocycles. The third-order valence-electron chi connectivity index (χ3n) is 9.69. The maximum atomic E-state index is 3.80. The monoisotopic (exact) mass is 476 g/mol. The van der Waals surface area contributed by atoms with Gasteiger partial charge in [-0.1, -0.05) is 25.7 Å². The van der Waals surface area contributed by atoms with Crippen LogP contribution in [0, 0.1) is 0 Å². The molecular formula is C28H56N6. The van der Waals surface area contributed by atoms with Crippen LogP contribution in [0.1, 0.15) is 77.0 Å². The Morgan fingerprint density at radius 2 is 0.794 bits per heavy atom. The summed E-state index contributed by atoms with van der Waals surface area (Å²) in [6.07, 6.45) is 17.1. The lowest BCUT2D eigenvalue weighted by Gasteiger charge is -2.41. The van der Waals surface area contributed by atoms with E-state index in [2.05, 4.69) is 44.3 Å². The lowest BCUT2D eigenvalue weighted by atomic mass is 9.90. The zero-order chi connectivity index (χ0) is 23.6. The quantitative estimate of drug-likeness (QED) is 0.279. The lowest BCUT2D eigenvalue weighted by molar-refractivity contribution is 0.0900. The second kappa shape index (κ2) is 14.5. The van der Waals surface area contributed by atoms with Crippen molar-refractivity contribution in [3.63, 3.8) is 0 Å². The Hall–Kier alpha value is -0.240.